The van der Waals surface area contributed by atoms with Crippen molar-refractivity contribution in [1.29, 1.82) is 0 Å². The molecule has 9 heteroatoms. The van der Waals surface area contributed by atoms with E-state index in [4.69, 9.17) is 21.4 Å². The van der Waals surface area contributed by atoms with Crippen molar-refractivity contribution >= 4 is 38.7 Å². The summed E-state index contributed by atoms with van der Waals surface area (Å²) in [6.07, 6.45) is 1.08. The van der Waals surface area contributed by atoms with Gasteiger partial charge in [-0.2, -0.15) is 4.98 Å². The summed E-state index contributed by atoms with van der Waals surface area (Å²) < 4.78 is 28.2. The van der Waals surface area contributed by atoms with Crippen molar-refractivity contribution in [3.8, 4) is 10.9 Å². The van der Waals surface area contributed by atoms with Crippen LogP contribution in [-0.4, -0.2) is 30.7 Å². The van der Waals surface area contributed by atoms with E-state index in [9.17, 15) is 13.2 Å². The number of thiazole rings is 1. The molecule has 1 aromatic carbocycles. The van der Waals surface area contributed by atoms with Crippen LogP contribution in [0.15, 0.2) is 29.2 Å². The molecule has 6 nitrogen and oxygen atoms in total. The number of carboxylic acids is 1. The molecule has 0 radical (unpaired) electrons. The topological polar surface area (TPSA) is 93.6 Å². The van der Waals surface area contributed by atoms with Crippen molar-refractivity contribution in [3.63, 3.8) is 0 Å². The van der Waals surface area contributed by atoms with Crippen LogP contribution in [0.2, 0.25) is 5.15 Å². The van der Waals surface area contributed by atoms with Gasteiger partial charge in [0.2, 0.25) is 0 Å². The Morgan fingerprint density at radius 1 is 1.45 bits per heavy atom. The van der Waals surface area contributed by atoms with Gasteiger partial charge in [0.15, 0.2) is 19.9 Å². The molecule has 2 aromatic rings. The molecule has 1 N–H and O–H groups in total. The van der Waals surface area contributed by atoms with E-state index in [1.54, 1.807) is 0 Å². The average Bonchev–Trinajstić information content (AvgIpc) is 2.69. The largest absolute Gasteiger partial charge is 0.477 e. The molecule has 0 unspecified atom stereocenters. The highest BCUT2D eigenvalue weighted by atomic mass is 35.5. The maximum Gasteiger partial charge on any atom is 0.349 e. The minimum absolute atomic E-state index is 0.0260. The number of hydrogen-bond donors (Lipinski definition) is 1. The van der Waals surface area contributed by atoms with Gasteiger partial charge < -0.3 is 9.84 Å². The first-order chi connectivity index (χ1) is 9.27. The molecule has 1 heterocycles. The monoisotopic (exact) mass is 333 g/mol. The third kappa shape index (κ3) is 3.27. The van der Waals surface area contributed by atoms with Gasteiger partial charge in [0, 0.05) is 6.26 Å². The summed E-state index contributed by atoms with van der Waals surface area (Å²) in [5, 5.41) is 8.70. The molecule has 0 spiro atoms. The highest BCUT2D eigenvalue weighted by molar-refractivity contribution is 7.90. The molecule has 0 amide bonds. The summed E-state index contributed by atoms with van der Waals surface area (Å²) in [6, 6.07) is 5.80. The molecular formula is C11H8ClNO5S2. The van der Waals surface area contributed by atoms with Crippen molar-refractivity contribution in [2.45, 2.75) is 4.90 Å². The fraction of sp³-hybridized carbons (Fsp3) is 0.0909. The van der Waals surface area contributed by atoms with E-state index in [2.05, 4.69) is 4.98 Å². The lowest BCUT2D eigenvalue weighted by molar-refractivity contribution is 0.0702. The Bertz CT molecular complexity index is 769. The second-order valence-corrected chi connectivity index (χ2v) is 7.09. The van der Waals surface area contributed by atoms with E-state index in [0.717, 1.165) is 17.6 Å². The van der Waals surface area contributed by atoms with Gasteiger partial charge in [0.25, 0.3) is 5.19 Å². The lowest BCUT2D eigenvalue weighted by Gasteiger charge is -2.03. The summed E-state index contributed by atoms with van der Waals surface area (Å²) >= 11 is 6.41. The molecule has 0 saturated heterocycles. The Balaban J connectivity index is 2.31. The lowest BCUT2D eigenvalue weighted by Crippen LogP contribution is -1.96. The predicted octanol–water partition coefficient (Wildman–Crippen LogP) is 2.69. The number of rotatable bonds is 4. The van der Waals surface area contributed by atoms with Crippen molar-refractivity contribution < 1.29 is 23.1 Å². The number of sulfone groups is 1. The zero-order valence-corrected chi connectivity index (χ0v) is 12.4. The normalized spacial score (nSPS) is 11.3. The number of nitrogens with zero attached hydrogens (tertiary/aromatic N) is 1. The van der Waals surface area contributed by atoms with E-state index < -0.39 is 15.8 Å². The molecule has 2 rings (SSSR count). The van der Waals surface area contributed by atoms with Gasteiger partial charge in [-0.25, -0.2) is 13.2 Å². The fourth-order valence-electron chi connectivity index (χ4n) is 1.33. The fourth-order valence-corrected chi connectivity index (χ4v) is 2.97. The van der Waals surface area contributed by atoms with E-state index >= 15 is 0 Å². The van der Waals surface area contributed by atoms with Gasteiger partial charge >= 0.3 is 5.97 Å². The van der Waals surface area contributed by atoms with Crippen molar-refractivity contribution in [3.05, 3.63) is 34.3 Å². The third-order valence-electron chi connectivity index (χ3n) is 2.20. The Hall–Kier alpha value is -1.64. The summed E-state index contributed by atoms with van der Waals surface area (Å²) in [5.41, 5.74) is 0. The predicted molar refractivity (Wildman–Crippen MR) is 73.7 cm³/mol. The Morgan fingerprint density at radius 2 is 2.15 bits per heavy atom. The van der Waals surface area contributed by atoms with Gasteiger partial charge in [-0.15, -0.1) is 0 Å². The van der Waals surface area contributed by atoms with Crippen LogP contribution in [0.25, 0.3) is 0 Å². The number of carbonyl (C=O) groups is 1. The summed E-state index contributed by atoms with van der Waals surface area (Å²) in [5.74, 6) is -0.970. The molecule has 0 aliphatic rings. The molecule has 0 bridgehead atoms. The van der Waals surface area contributed by atoms with Gasteiger partial charge in [0.1, 0.15) is 5.75 Å². The smallest absolute Gasteiger partial charge is 0.349 e. The number of aromatic nitrogens is 1. The Morgan fingerprint density at radius 3 is 2.70 bits per heavy atom. The van der Waals surface area contributed by atoms with Crippen molar-refractivity contribution in [2.75, 3.05) is 6.26 Å². The maximum absolute atomic E-state index is 11.4. The molecule has 1 aromatic heterocycles. The van der Waals surface area contributed by atoms with E-state index in [1.807, 2.05) is 0 Å². The quantitative estimate of drug-likeness (QED) is 0.924. The number of carboxylic acid groups (broad SMARTS) is 1. The number of aromatic carboxylic acids is 1. The van der Waals surface area contributed by atoms with Crippen LogP contribution in [0, 0.1) is 0 Å². The molecule has 106 valence electrons. The Kier molecular flexibility index (Phi) is 3.98. The highest BCUT2D eigenvalue weighted by Crippen LogP contribution is 2.32. The minimum atomic E-state index is -3.35. The first-order valence-corrected chi connectivity index (χ1v) is 8.23. The molecule has 0 saturated carbocycles. The van der Waals surface area contributed by atoms with Gasteiger partial charge in [0.05, 0.1) is 4.90 Å². The van der Waals surface area contributed by atoms with Crippen molar-refractivity contribution in [1.82, 2.24) is 4.98 Å². The number of halogens is 1. The minimum Gasteiger partial charge on any atom is -0.477 e. The molecule has 0 fully saturated rings. The molecule has 0 aliphatic heterocycles. The number of hydrogen-bond acceptors (Lipinski definition) is 6. The van der Waals surface area contributed by atoms with Crippen LogP contribution in [0.5, 0.6) is 10.9 Å². The van der Waals surface area contributed by atoms with Gasteiger partial charge in [-0.1, -0.05) is 29.0 Å². The third-order valence-corrected chi connectivity index (χ3v) is 4.62. The summed E-state index contributed by atoms with van der Waals surface area (Å²) in [6.45, 7) is 0. The number of ether oxygens (including phenoxy) is 1. The maximum atomic E-state index is 11.4. The zero-order valence-electron chi connectivity index (χ0n) is 10.0. The summed E-state index contributed by atoms with van der Waals surface area (Å²) in [4.78, 5) is 14.5. The van der Waals surface area contributed by atoms with E-state index in [-0.39, 0.29) is 25.9 Å². The van der Waals surface area contributed by atoms with Crippen LogP contribution in [0.4, 0.5) is 0 Å². The van der Waals surface area contributed by atoms with Crippen LogP contribution >= 0.6 is 22.9 Å². The van der Waals surface area contributed by atoms with Crippen LogP contribution < -0.4 is 4.74 Å². The first-order valence-electron chi connectivity index (χ1n) is 5.15. The second-order valence-electron chi connectivity index (χ2n) is 3.75. The zero-order chi connectivity index (χ0) is 14.9. The number of benzene rings is 1. The van der Waals surface area contributed by atoms with Crippen LogP contribution in [0.3, 0.4) is 0 Å². The van der Waals surface area contributed by atoms with E-state index in [1.165, 1.54) is 24.3 Å². The molecular weight excluding hydrogens is 326 g/mol. The molecule has 0 atom stereocenters. The van der Waals surface area contributed by atoms with Crippen LogP contribution in [-0.2, 0) is 9.84 Å². The average molecular weight is 334 g/mol. The first kappa shape index (κ1) is 14.8. The Labute approximate surface area is 123 Å². The SMILES string of the molecule is CS(=O)(=O)c1cccc(Oc2nc(Cl)c(C(=O)O)s2)c1. The van der Waals surface area contributed by atoms with E-state index in [0.29, 0.717) is 0 Å². The van der Waals surface area contributed by atoms with Crippen LogP contribution in [0.1, 0.15) is 9.67 Å². The summed E-state index contributed by atoms with van der Waals surface area (Å²) in [7, 11) is -3.35. The lowest BCUT2D eigenvalue weighted by atomic mass is 10.3. The standard InChI is InChI=1S/C11H8ClNO5S2/c1-20(16,17)7-4-2-3-6(5-7)18-11-13-9(12)8(19-11)10(14)15/h2-5H,1H3,(H,14,15). The van der Waals surface area contributed by atoms with Gasteiger partial charge in [-0.05, 0) is 18.2 Å². The molecule has 0 aliphatic carbocycles. The van der Waals surface area contributed by atoms with Gasteiger partial charge in [-0.3, -0.25) is 0 Å². The molecule has 20 heavy (non-hydrogen) atoms. The second kappa shape index (κ2) is 5.39. The van der Waals surface area contributed by atoms with Crippen molar-refractivity contribution in [2.24, 2.45) is 0 Å². The highest BCUT2D eigenvalue weighted by Gasteiger charge is 2.17.